The average Bonchev–Trinajstić information content (AvgIpc) is 3.14. The molecule has 8 nitrogen and oxygen atoms in total. The molecule has 0 aliphatic heterocycles. The fourth-order valence-electron chi connectivity index (χ4n) is 4.69. The maximum absolute atomic E-state index is 14.7. The summed E-state index contributed by atoms with van der Waals surface area (Å²) in [5.41, 5.74) is 7.95. The van der Waals surface area contributed by atoms with Crippen molar-refractivity contribution in [2.75, 3.05) is 25.5 Å². The first-order valence-electron chi connectivity index (χ1n) is 15.8. The third-order valence-corrected chi connectivity index (χ3v) is 8.87. The van der Waals surface area contributed by atoms with Gasteiger partial charge in [-0.15, -0.1) is 0 Å². The predicted octanol–water partition coefficient (Wildman–Crippen LogP) is 8.30. The highest BCUT2D eigenvalue weighted by Crippen LogP contribution is 2.29. The maximum Gasteiger partial charge on any atom is 0.468 e. The van der Waals surface area contributed by atoms with Crippen molar-refractivity contribution in [1.82, 2.24) is 0 Å². The summed E-state index contributed by atoms with van der Waals surface area (Å²) in [6.07, 6.45) is -9.82. The third-order valence-electron chi connectivity index (χ3n) is 7.11. The Hall–Kier alpha value is -3.40. The molecule has 13 heteroatoms. The van der Waals surface area contributed by atoms with Crippen LogP contribution in [0.1, 0.15) is 16.7 Å². The first kappa shape index (κ1) is 39.4. The second kappa shape index (κ2) is 21.7. The summed E-state index contributed by atoms with van der Waals surface area (Å²) in [5.74, 6) is -0.809. The molecule has 0 aliphatic carbocycles. The average molecular weight is 731 g/mol. The Bertz CT molecular complexity index is 1510. The molecule has 0 aromatic heterocycles. The molecule has 0 fully saturated rings. The number of nitrogens with zero attached hydrogens (tertiary/aromatic N) is 1. The molecular formula is C37H41F3N2O6S2. The normalized spacial score (nSPS) is 14.5. The summed E-state index contributed by atoms with van der Waals surface area (Å²) < 4.78 is 80.7. The standard InChI is InChI=1S/C37H41F3N2O6S2/c1-43-32(25-44-27-50-49-26-41)33(45-22-28-14-6-2-7-15-28)34(46-23-29-16-8-3-9-17-29)35(47-24-30-18-10-4-11-19-30)48-36(37(38,39)40)42-31-20-12-5-13-21-31/h2-21,32-35H,22-27,41H2,1H3. The Balaban J connectivity index is 1.76. The zero-order chi connectivity index (χ0) is 35.4. The molecule has 0 bridgehead atoms. The molecule has 268 valence electrons. The van der Waals surface area contributed by atoms with Crippen LogP contribution in [0.15, 0.2) is 126 Å². The van der Waals surface area contributed by atoms with Crippen LogP contribution in [-0.2, 0) is 48.2 Å². The number of hydrogen-bond acceptors (Lipinski definition) is 10. The van der Waals surface area contributed by atoms with Crippen LogP contribution in [0.2, 0.25) is 0 Å². The predicted molar refractivity (Wildman–Crippen MR) is 192 cm³/mol. The smallest absolute Gasteiger partial charge is 0.441 e. The fraction of sp³-hybridized carbons (Fsp3) is 0.324. The molecule has 0 saturated heterocycles. The van der Waals surface area contributed by atoms with Crippen LogP contribution in [0.5, 0.6) is 0 Å². The molecule has 0 amide bonds. The van der Waals surface area contributed by atoms with Crippen LogP contribution in [0, 0.1) is 0 Å². The van der Waals surface area contributed by atoms with Crippen molar-refractivity contribution >= 4 is 33.2 Å². The zero-order valence-electron chi connectivity index (χ0n) is 27.5. The molecule has 4 unspecified atom stereocenters. The second-order valence-electron chi connectivity index (χ2n) is 10.7. The van der Waals surface area contributed by atoms with Gasteiger partial charge >= 0.3 is 6.18 Å². The van der Waals surface area contributed by atoms with E-state index in [4.69, 9.17) is 34.2 Å². The van der Waals surface area contributed by atoms with Crippen molar-refractivity contribution in [2.24, 2.45) is 10.7 Å². The number of halogens is 3. The zero-order valence-corrected chi connectivity index (χ0v) is 29.2. The number of ether oxygens (including phenoxy) is 6. The van der Waals surface area contributed by atoms with Crippen molar-refractivity contribution in [2.45, 2.75) is 50.6 Å². The SMILES string of the molecule is COC(COCSSCN)C(OCc1ccccc1)C(OCc1ccccc1)C(OCc1ccccc1)OC(=Nc1ccccc1)C(F)(F)F. The van der Waals surface area contributed by atoms with E-state index in [0.29, 0.717) is 11.4 Å². The molecule has 50 heavy (non-hydrogen) atoms. The Kier molecular flexibility index (Phi) is 17.1. The van der Waals surface area contributed by atoms with Gasteiger partial charge in [-0.2, -0.15) is 13.2 Å². The first-order valence-corrected chi connectivity index (χ1v) is 18.3. The highest BCUT2D eigenvalue weighted by Gasteiger charge is 2.45. The summed E-state index contributed by atoms with van der Waals surface area (Å²) in [7, 11) is 4.32. The molecule has 0 aliphatic rings. The summed E-state index contributed by atoms with van der Waals surface area (Å²) in [4.78, 5) is 3.84. The number of benzene rings is 4. The molecule has 4 atom stereocenters. The molecule has 0 radical (unpaired) electrons. The van der Waals surface area contributed by atoms with E-state index in [2.05, 4.69) is 4.99 Å². The summed E-state index contributed by atoms with van der Waals surface area (Å²) in [6, 6.07) is 35.4. The van der Waals surface area contributed by atoms with Gasteiger partial charge in [0.25, 0.3) is 5.90 Å². The lowest BCUT2D eigenvalue weighted by molar-refractivity contribution is -0.244. The molecule has 4 rings (SSSR count). The minimum Gasteiger partial charge on any atom is -0.441 e. The van der Waals surface area contributed by atoms with Gasteiger partial charge in [-0.1, -0.05) is 131 Å². The van der Waals surface area contributed by atoms with E-state index < -0.39 is 36.7 Å². The van der Waals surface area contributed by atoms with E-state index in [0.717, 1.165) is 11.1 Å². The molecule has 2 N–H and O–H groups in total. The van der Waals surface area contributed by atoms with Gasteiger partial charge in [-0.25, -0.2) is 4.99 Å². The largest absolute Gasteiger partial charge is 0.468 e. The number of para-hydroxylation sites is 1. The molecule has 0 heterocycles. The summed E-state index contributed by atoms with van der Waals surface area (Å²) >= 11 is 0. The van der Waals surface area contributed by atoms with Gasteiger partial charge in [0.1, 0.15) is 24.3 Å². The molecule has 4 aromatic rings. The van der Waals surface area contributed by atoms with E-state index in [1.807, 2.05) is 66.7 Å². The molecule has 0 spiro atoms. The lowest BCUT2D eigenvalue weighted by Gasteiger charge is -2.37. The van der Waals surface area contributed by atoms with Gasteiger partial charge in [-0.05, 0) is 28.8 Å². The first-order chi connectivity index (χ1) is 24.4. The number of nitrogens with two attached hydrogens (primary N) is 1. The molecular weight excluding hydrogens is 690 g/mol. The highest BCUT2D eigenvalue weighted by molar-refractivity contribution is 8.76. The number of hydrogen-bond donors (Lipinski definition) is 1. The van der Waals surface area contributed by atoms with Gasteiger partial charge in [-0.3, -0.25) is 0 Å². The number of alkyl halides is 3. The van der Waals surface area contributed by atoms with E-state index in [1.54, 1.807) is 42.5 Å². The van der Waals surface area contributed by atoms with E-state index in [9.17, 15) is 13.2 Å². The lowest BCUT2D eigenvalue weighted by Crippen LogP contribution is -2.52. The van der Waals surface area contributed by atoms with Crippen LogP contribution in [-0.4, -0.2) is 62.2 Å². The van der Waals surface area contributed by atoms with Crippen molar-refractivity contribution in [3.8, 4) is 0 Å². The topological polar surface area (TPSA) is 93.8 Å². The van der Waals surface area contributed by atoms with Gasteiger partial charge < -0.3 is 34.2 Å². The number of methoxy groups -OCH3 is 1. The molecule has 0 saturated carbocycles. The highest BCUT2D eigenvalue weighted by atomic mass is 33.1. The van der Waals surface area contributed by atoms with Crippen LogP contribution in [0.3, 0.4) is 0 Å². The quantitative estimate of drug-likeness (QED) is 0.0299. The van der Waals surface area contributed by atoms with Crippen LogP contribution in [0.4, 0.5) is 18.9 Å². The minimum atomic E-state index is -4.98. The Morgan fingerprint density at radius 3 is 1.64 bits per heavy atom. The van der Waals surface area contributed by atoms with Crippen molar-refractivity contribution < 1.29 is 41.6 Å². The third kappa shape index (κ3) is 13.7. The number of rotatable bonds is 21. The van der Waals surface area contributed by atoms with E-state index >= 15 is 0 Å². The Labute approximate surface area is 298 Å². The van der Waals surface area contributed by atoms with Crippen molar-refractivity contribution in [3.63, 3.8) is 0 Å². The van der Waals surface area contributed by atoms with Gasteiger partial charge in [0.2, 0.25) is 6.29 Å². The summed E-state index contributed by atoms with van der Waals surface area (Å²) in [6.45, 7) is 0.0152. The Morgan fingerprint density at radius 1 is 0.680 bits per heavy atom. The van der Waals surface area contributed by atoms with E-state index in [-0.39, 0.29) is 38.1 Å². The van der Waals surface area contributed by atoms with Gasteiger partial charge in [0, 0.05) is 13.0 Å². The second-order valence-corrected chi connectivity index (χ2v) is 13.2. The van der Waals surface area contributed by atoms with Crippen molar-refractivity contribution in [3.05, 3.63) is 138 Å². The van der Waals surface area contributed by atoms with Crippen LogP contribution < -0.4 is 5.73 Å². The van der Waals surface area contributed by atoms with E-state index in [1.165, 1.54) is 40.8 Å². The monoisotopic (exact) mass is 730 g/mol. The number of aliphatic imine (C=N–C) groups is 1. The van der Waals surface area contributed by atoms with Crippen LogP contribution >= 0.6 is 21.6 Å². The van der Waals surface area contributed by atoms with Crippen LogP contribution in [0.25, 0.3) is 0 Å². The van der Waals surface area contributed by atoms with Gasteiger partial charge in [0.05, 0.1) is 32.1 Å². The summed E-state index contributed by atoms with van der Waals surface area (Å²) in [5, 5.41) is 0. The lowest BCUT2D eigenvalue weighted by atomic mass is 10.1. The Morgan fingerprint density at radius 2 is 1.16 bits per heavy atom. The van der Waals surface area contributed by atoms with Gasteiger partial charge in [0.15, 0.2) is 0 Å². The fourth-order valence-corrected chi connectivity index (χ4v) is 5.71. The maximum atomic E-state index is 14.7. The van der Waals surface area contributed by atoms with Crippen molar-refractivity contribution in [1.29, 1.82) is 0 Å². The molecule has 4 aromatic carbocycles. The minimum absolute atomic E-state index is 0.00270.